The summed E-state index contributed by atoms with van der Waals surface area (Å²) >= 11 is 0. The molecule has 52 valence electrons. The van der Waals surface area contributed by atoms with E-state index in [0.717, 1.165) is 11.0 Å². The Morgan fingerprint density at radius 3 is 2.67 bits per heavy atom. The highest BCUT2D eigenvalue weighted by atomic mass is 16.5. The van der Waals surface area contributed by atoms with Crippen molar-refractivity contribution in [1.82, 2.24) is 0 Å². The monoisotopic (exact) mass is 130 g/mol. The van der Waals surface area contributed by atoms with Crippen molar-refractivity contribution < 1.29 is 14.4 Å². The fourth-order valence-corrected chi connectivity index (χ4v) is 0.274. The molecule has 0 rings (SSSR count). The first kappa shape index (κ1) is 8.17. The Hall–Kier alpha value is -0.830. The smallest absolute Gasteiger partial charge is 0.334 e. The Labute approximate surface area is 54.9 Å². The lowest BCUT2D eigenvalue weighted by Gasteiger charge is -2.05. The van der Waals surface area contributed by atoms with E-state index in [-0.39, 0.29) is 5.97 Å². The largest absolute Gasteiger partial charge is 0.412 e. The van der Waals surface area contributed by atoms with Gasteiger partial charge in [0.15, 0.2) is 0 Å². The summed E-state index contributed by atoms with van der Waals surface area (Å²) in [6.45, 7) is 3.65. The van der Waals surface area contributed by atoms with Gasteiger partial charge in [-0.1, -0.05) is 6.58 Å². The van der Waals surface area contributed by atoms with Crippen molar-refractivity contribution in [2.24, 2.45) is 0 Å². The topological polar surface area (TPSA) is 30.7 Å². The van der Waals surface area contributed by atoms with Crippen LogP contribution in [0.5, 0.6) is 0 Å². The normalized spacial score (nSPS) is 9.22. The van der Waals surface area contributed by atoms with E-state index < -0.39 is 0 Å². The Morgan fingerprint density at radius 1 is 1.78 bits per heavy atom. The van der Waals surface area contributed by atoms with Crippen molar-refractivity contribution in [1.29, 1.82) is 0 Å². The van der Waals surface area contributed by atoms with Crippen molar-refractivity contribution in [3.63, 3.8) is 0 Å². The highest BCUT2D eigenvalue weighted by molar-refractivity contribution is 5.81. The third-order valence-corrected chi connectivity index (χ3v) is 0.670. The van der Waals surface area contributed by atoms with Gasteiger partial charge in [0.1, 0.15) is 0 Å². The number of nitrogens with one attached hydrogen (secondary N) is 1. The fraction of sp³-hybridized carbons (Fsp3) is 0.500. The second-order valence-corrected chi connectivity index (χ2v) is 2.02. The summed E-state index contributed by atoms with van der Waals surface area (Å²) in [5.41, 5.74) is 0. The van der Waals surface area contributed by atoms with E-state index in [1.165, 1.54) is 0 Å². The number of esters is 1. The molecule has 3 heteroatoms. The van der Waals surface area contributed by atoms with Crippen molar-refractivity contribution in [3.8, 4) is 0 Å². The van der Waals surface area contributed by atoms with Crippen LogP contribution in [0.3, 0.4) is 0 Å². The minimum atomic E-state index is -0.365. The average Bonchev–Trinajstić information content (AvgIpc) is 1.83. The molecule has 9 heavy (non-hydrogen) atoms. The summed E-state index contributed by atoms with van der Waals surface area (Å²) in [4.78, 5) is 11.4. The Bertz CT molecular complexity index is 110. The first-order valence-corrected chi connectivity index (χ1v) is 2.75. The Balaban J connectivity index is 3.27. The quantitative estimate of drug-likeness (QED) is 0.296. The predicted molar refractivity (Wildman–Crippen MR) is 34.0 cm³/mol. The number of hydrogen-bond acceptors (Lipinski definition) is 2. The van der Waals surface area contributed by atoms with E-state index in [1.54, 1.807) is 0 Å². The maximum Gasteiger partial charge on any atom is 0.334 e. The summed E-state index contributed by atoms with van der Waals surface area (Å²) in [5.74, 6) is -0.365. The highest BCUT2D eigenvalue weighted by Gasteiger charge is 1.96. The van der Waals surface area contributed by atoms with Gasteiger partial charge in [0.05, 0.1) is 14.1 Å². The maximum absolute atomic E-state index is 10.4. The molecule has 1 N–H and O–H groups in total. The molecule has 0 radical (unpaired) electrons. The first-order valence-electron chi connectivity index (χ1n) is 2.75. The van der Waals surface area contributed by atoms with E-state index in [4.69, 9.17) is 0 Å². The van der Waals surface area contributed by atoms with Gasteiger partial charge in [0.2, 0.25) is 6.73 Å². The molecule has 0 aliphatic heterocycles. The lowest BCUT2D eigenvalue weighted by molar-refractivity contribution is -0.877. The number of carbonyl (C=O) groups is 1. The van der Waals surface area contributed by atoms with Gasteiger partial charge in [-0.15, -0.1) is 0 Å². The van der Waals surface area contributed by atoms with Crippen molar-refractivity contribution in [3.05, 3.63) is 12.7 Å². The van der Waals surface area contributed by atoms with E-state index in [1.807, 2.05) is 14.1 Å². The van der Waals surface area contributed by atoms with Crippen LogP contribution < -0.4 is 4.90 Å². The molecule has 0 unspecified atom stereocenters. The second kappa shape index (κ2) is 4.09. The van der Waals surface area contributed by atoms with E-state index >= 15 is 0 Å². The fourth-order valence-electron chi connectivity index (χ4n) is 0.274. The van der Waals surface area contributed by atoms with Crippen molar-refractivity contribution >= 4 is 5.97 Å². The van der Waals surface area contributed by atoms with Gasteiger partial charge in [-0.2, -0.15) is 0 Å². The number of hydrogen-bond donors (Lipinski definition) is 1. The zero-order chi connectivity index (χ0) is 7.28. The zero-order valence-electron chi connectivity index (χ0n) is 5.81. The van der Waals surface area contributed by atoms with Gasteiger partial charge in [-0.25, -0.2) is 4.79 Å². The predicted octanol–water partition coefficient (Wildman–Crippen LogP) is -1.18. The Kier molecular flexibility index (Phi) is 3.71. The Morgan fingerprint density at radius 2 is 2.33 bits per heavy atom. The van der Waals surface area contributed by atoms with Crippen LogP contribution in [0.2, 0.25) is 0 Å². The summed E-state index contributed by atoms with van der Waals surface area (Å²) in [6, 6.07) is 0. The van der Waals surface area contributed by atoms with Gasteiger partial charge in [0.25, 0.3) is 0 Å². The van der Waals surface area contributed by atoms with Crippen molar-refractivity contribution in [2.75, 3.05) is 20.8 Å². The average molecular weight is 130 g/mol. The molecular weight excluding hydrogens is 118 g/mol. The minimum Gasteiger partial charge on any atom is -0.412 e. The zero-order valence-corrected chi connectivity index (χ0v) is 5.81. The van der Waals surface area contributed by atoms with Crippen LogP contribution >= 0.6 is 0 Å². The summed E-state index contributed by atoms with van der Waals surface area (Å²) in [5, 5.41) is 0. The van der Waals surface area contributed by atoms with Gasteiger partial charge < -0.3 is 9.64 Å². The molecule has 0 spiro atoms. The lowest BCUT2D eigenvalue weighted by Crippen LogP contribution is -3.06. The van der Waals surface area contributed by atoms with Crippen LogP contribution in [-0.2, 0) is 9.53 Å². The third-order valence-electron chi connectivity index (χ3n) is 0.670. The van der Waals surface area contributed by atoms with Gasteiger partial charge in [-0.3, -0.25) is 0 Å². The number of quaternary nitrogens is 1. The summed E-state index contributed by atoms with van der Waals surface area (Å²) < 4.78 is 4.66. The van der Waals surface area contributed by atoms with E-state index in [9.17, 15) is 4.79 Å². The minimum absolute atomic E-state index is 0.365. The molecule has 0 aromatic heterocycles. The number of carbonyl (C=O) groups excluding carboxylic acids is 1. The summed E-state index contributed by atoms with van der Waals surface area (Å²) in [7, 11) is 3.80. The number of rotatable bonds is 3. The van der Waals surface area contributed by atoms with Crippen LogP contribution in [0.15, 0.2) is 12.7 Å². The molecule has 0 saturated heterocycles. The third kappa shape index (κ3) is 5.03. The molecule has 0 aromatic carbocycles. The standard InChI is InChI=1S/C6H11NO2/c1-4-6(8)9-5-7(2)3/h4H,1,5H2,2-3H3/p+1. The van der Waals surface area contributed by atoms with E-state index in [2.05, 4.69) is 11.3 Å². The van der Waals surface area contributed by atoms with Crippen LogP contribution in [0.25, 0.3) is 0 Å². The molecular formula is C6H12NO2+. The number of ether oxygens (including phenoxy) is 1. The van der Waals surface area contributed by atoms with Crippen molar-refractivity contribution in [2.45, 2.75) is 0 Å². The summed E-state index contributed by atoms with van der Waals surface area (Å²) in [6.07, 6.45) is 1.16. The molecule has 0 aliphatic rings. The molecule has 0 bridgehead atoms. The van der Waals surface area contributed by atoms with Crippen LogP contribution in [0.4, 0.5) is 0 Å². The van der Waals surface area contributed by atoms with Gasteiger partial charge in [-0.05, 0) is 0 Å². The molecule has 0 amide bonds. The SMILES string of the molecule is C=CC(=O)OC[NH+](C)C. The molecule has 0 aliphatic carbocycles. The molecule has 0 fully saturated rings. The lowest BCUT2D eigenvalue weighted by atomic mass is 10.7. The van der Waals surface area contributed by atoms with Crippen LogP contribution in [0, 0.1) is 0 Å². The van der Waals surface area contributed by atoms with Crippen LogP contribution in [-0.4, -0.2) is 26.8 Å². The highest BCUT2D eigenvalue weighted by Crippen LogP contribution is 1.71. The molecule has 0 atom stereocenters. The molecule has 0 saturated carbocycles. The first-order chi connectivity index (χ1) is 4.16. The van der Waals surface area contributed by atoms with E-state index in [0.29, 0.717) is 6.73 Å². The van der Waals surface area contributed by atoms with Gasteiger partial charge in [0, 0.05) is 6.08 Å². The van der Waals surface area contributed by atoms with Crippen LogP contribution in [0.1, 0.15) is 0 Å². The second-order valence-electron chi connectivity index (χ2n) is 2.02. The maximum atomic E-state index is 10.4. The molecule has 0 heterocycles. The van der Waals surface area contributed by atoms with Gasteiger partial charge >= 0.3 is 5.97 Å². The molecule has 3 nitrogen and oxygen atoms in total. The molecule has 0 aromatic rings.